The van der Waals surface area contributed by atoms with Crippen molar-refractivity contribution in [1.29, 1.82) is 0 Å². The van der Waals surface area contributed by atoms with Crippen LogP contribution in [0.2, 0.25) is 0 Å². The summed E-state index contributed by atoms with van der Waals surface area (Å²) in [6, 6.07) is 85.8. The van der Waals surface area contributed by atoms with E-state index in [1.807, 2.05) is 11.3 Å². The van der Waals surface area contributed by atoms with Gasteiger partial charge < -0.3 is 9.47 Å². The molecular formula is C61H38N2S. The third-order valence-corrected chi connectivity index (χ3v) is 15.1. The number of thiophene rings is 1. The van der Waals surface area contributed by atoms with Crippen LogP contribution in [0.25, 0.3) is 81.0 Å². The first kappa shape index (κ1) is 35.6. The predicted molar refractivity (Wildman–Crippen MR) is 270 cm³/mol. The average molecular weight is 831 g/mol. The van der Waals surface area contributed by atoms with Crippen molar-refractivity contribution in [3.63, 3.8) is 0 Å². The average Bonchev–Trinajstić information content (AvgIpc) is 4.09. The standard InChI is InChI=1S/C61H38N2S/c1-2-16-41(17-3-1)62-53-27-12-7-21-46(53)49-38-40(34-37-54(49)62)39-32-35-42(36-33-39)63(55-28-15-31-58-59(55)48-22-8-13-30-57(48)64-58)56-29-14-23-47-45-20-6-11-26-52(45)61(60(47)56)50-24-9-4-18-43(50)44-19-5-10-25-51(44)61/h1-38H. The van der Waals surface area contributed by atoms with E-state index < -0.39 is 5.41 Å². The molecule has 64 heavy (non-hydrogen) atoms. The maximum absolute atomic E-state index is 2.57. The van der Waals surface area contributed by atoms with Crippen molar-refractivity contribution < 1.29 is 0 Å². The van der Waals surface area contributed by atoms with Crippen molar-refractivity contribution in [2.75, 3.05) is 4.90 Å². The highest BCUT2D eigenvalue weighted by Crippen LogP contribution is 2.65. The van der Waals surface area contributed by atoms with Crippen LogP contribution in [0.1, 0.15) is 22.3 Å². The van der Waals surface area contributed by atoms with Gasteiger partial charge in [-0.3, -0.25) is 0 Å². The van der Waals surface area contributed by atoms with E-state index in [0.717, 1.165) is 5.69 Å². The monoisotopic (exact) mass is 830 g/mol. The maximum atomic E-state index is 2.57. The van der Waals surface area contributed by atoms with Crippen LogP contribution in [-0.4, -0.2) is 4.57 Å². The molecule has 2 aliphatic carbocycles. The summed E-state index contributed by atoms with van der Waals surface area (Å²) in [6.07, 6.45) is 0. The lowest BCUT2D eigenvalue weighted by Gasteiger charge is -2.36. The molecular weight excluding hydrogens is 793 g/mol. The van der Waals surface area contributed by atoms with Crippen LogP contribution in [0.15, 0.2) is 231 Å². The SMILES string of the molecule is c1ccc(-n2c3ccccc3c3cc(-c4ccc(N(c5cccc6c5C5(c7ccccc7-c7ccccc75)c5ccccc5-6)c5cccc6sc7ccccc7c56)cc4)ccc32)cc1. The number of hydrogen-bond donors (Lipinski definition) is 0. The third kappa shape index (κ3) is 4.79. The van der Waals surface area contributed by atoms with Crippen LogP contribution in [-0.2, 0) is 5.41 Å². The second-order valence-electron chi connectivity index (χ2n) is 17.1. The summed E-state index contributed by atoms with van der Waals surface area (Å²) in [5.74, 6) is 0. The Morgan fingerprint density at radius 1 is 0.375 bits per heavy atom. The van der Waals surface area contributed by atoms with Crippen LogP contribution in [0.5, 0.6) is 0 Å². The molecule has 0 N–H and O–H groups in total. The number of nitrogens with zero attached hydrogens (tertiary/aromatic N) is 2. The molecule has 0 radical (unpaired) electrons. The van der Waals surface area contributed by atoms with Gasteiger partial charge in [-0.2, -0.15) is 0 Å². The van der Waals surface area contributed by atoms with E-state index in [0.29, 0.717) is 0 Å². The highest BCUT2D eigenvalue weighted by molar-refractivity contribution is 7.26. The third-order valence-electron chi connectivity index (χ3n) is 14.0. The van der Waals surface area contributed by atoms with Gasteiger partial charge in [0.25, 0.3) is 0 Å². The highest BCUT2D eigenvalue weighted by Gasteiger charge is 2.53. The lowest BCUT2D eigenvalue weighted by atomic mass is 9.70. The quantitative estimate of drug-likeness (QED) is 0.168. The van der Waals surface area contributed by atoms with Gasteiger partial charge in [-0.15, -0.1) is 11.3 Å². The fourth-order valence-electron chi connectivity index (χ4n) is 11.5. The Kier molecular flexibility index (Phi) is 7.51. The maximum Gasteiger partial charge on any atom is 0.0746 e. The van der Waals surface area contributed by atoms with E-state index >= 15 is 0 Å². The normalized spacial score (nSPS) is 13.1. The Balaban J connectivity index is 1.01. The van der Waals surface area contributed by atoms with Crippen molar-refractivity contribution in [2.24, 2.45) is 0 Å². The van der Waals surface area contributed by atoms with Gasteiger partial charge in [0.2, 0.25) is 0 Å². The first-order valence-electron chi connectivity index (χ1n) is 22.1. The highest BCUT2D eigenvalue weighted by atomic mass is 32.1. The lowest BCUT2D eigenvalue weighted by molar-refractivity contribution is 0.793. The summed E-state index contributed by atoms with van der Waals surface area (Å²) in [6.45, 7) is 0. The smallest absolute Gasteiger partial charge is 0.0746 e. The van der Waals surface area contributed by atoms with Gasteiger partial charge in [0.05, 0.1) is 27.8 Å². The molecule has 0 saturated carbocycles. The Labute approximate surface area is 375 Å². The summed E-state index contributed by atoms with van der Waals surface area (Å²) in [5, 5.41) is 5.07. The van der Waals surface area contributed by atoms with Crippen LogP contribution >= 0.6 is 11.3 Å². The molecule has 0 unspecified atom stereocenters. The topological polar surface area (TPSA) is 8.17 Å². The Morgan fingerprint density at radius 3 is 1.67 bits per heavy atom. The van der Waals surface area contributed by atoms with Crippen molar-refractivity contribution >= 4 is 70.4 Å². The summed E-state index contributed by atoms with van der Waals surface area (Å²) < 4.78 is 4.96. The molecule has 1 spiro atoms. The molecule has 14 rings (SSSR count). The number of hydrogen-bond acceptors (Lipinski definition) is 2. The zero-order chi connectivity index (χ0) is 41.9. The molecule has 298 valence electrons. The minimum Gasteiger partial charge on any atom is -0.309 e. The van der Waals surface area contributed by atoms with Crippen LogP contribution < -0.4 is 4.90 Å². The summed E-state index contributed by atoms with van der Waals surface area (Å²) in [5.41, 5.74) is 19.5. The largest absolute Gasteiger partial charge is 0.309 e. The Hall–Kier alpha value is -7.98. The fraction of sp³-hybridized carbons (Fsp3) is 0.0164. The molecule has 0 saturated heterocycles. The van der Waals surface area contributed by atoms with Crippen molar-refractivity contribution in [3.8, 4) is 39.1 Å². The van der Waals surface area contributed by atoms with Crippen molar-refractivity contribution in [3.05, 3.63) is 253 Å². The van der Waals surface area contributed by atoms with Crippen molar-refractivity contribution in [2.45, 2.75) is 5.41 Å². The molecule has 0 bridgehead atoms. The van der Waals surface area contributed by atoms with E-state index in [9.17, 15) is 0 Å². The number of fused-ring (bicyclic) bond motifs is 16. The Bertz CT molecular complexity index is 3790. The van der Waals surface area contributed by atoms with Gasteiger partial charge in [0.1, 0.15) is 0 Å². The van der Waals surface area contributed by atoms with Crippen LogP contribution in [0.3, 0.4) is 0 Å². The molecule has 2 aliphatic rings. The zero-order valence-electron chi connectivity index (χ0n) is 34.7. The molecule has 3 heteroatoms. The molecule has 2 aromatic heterocycles. The van der Waals surface area contributed by atoms with Gasteiger partial charge in [-0.25, -0.2) is 0 Å². The molecule has 0 atom stereocenters. The second kappa shape index (κ2) is 13.5. The molecule has 0 fully saturated rings. The number of benzene rings is 10. The summed E-state index contributed by atoms with van der Waals surface area (Å²) in [7, 11) is 0. The second-order valence-corrected chi connectivity index (χ2v) is 18.2. The zero-order valence-corrected chi connectivity index (χ0v) is 35.6. The van der Waals surface area contributed by atoms with E-state index in [1.54, 1.807) is 0 Å². The van der Waals surface area contributed by atoms with E-state index in [2.05, 4.69) is 240 Å². The lowest BCUT2D eigenvalue weighted by Crippen LogP contribution is -2.28. The van der Waals surface area contributed by atoms with Gasteiger partial charge in [-0.05, 0) is 117 Å². The van der Waals surface area contributed by atoms with E-state index in [-0.39, 0.29) is 0 Å². The molecule has 2 heterocycles. The molecule has 0 amide bonds. The van der Waals surface area contributed by atoms with Crippen LogP contribution in [0, 0.1) is 0 Å². The Morgan fingerprint density at radius 2 is 0.922 bits per heavy atom. The van der Waals surface area contributed by atoms with Crippen LogP contribution in [0.4, 0.5) is 17.1 Å². The molecule has 0 aliphatic heterocycles. The summed E-state index contributed by atoms with van der Waals surface area (Å²) >= 11 is 1.87. The first-order valence-corrected chi connectivity index (χ1v) is 22.9. The predicted octanol–water partition coefficient (Wildman–Crippen LogP) is 16.6. The molecule has 10 aromatic carbocycles. The van der Waals surface area contributed by atoms with Gasteiger partial charge in [0.15, 0.2) is 0 Å². The molecule has 2 nitrogen and oxygen atoms in total. The first-order chi connectivity index (χ1) is 31.8. The fourth-order valence-corrected chi connectivity index (χ4v) is 12.6. The van der Waals surface area contributed by atoms with Gasteiger partial charge in [0, 0.05) is 47.9 Å². The van der Waals surface area contributed by atoms with Gasteiger partial charge in [-0.1, -0.05) is 164 Å². The number of aromatic nitrogens is 1. The van der Waals surface area contributed by atoms with Crippen molar-refractivity contribution in [1.82, 2.24) is 4.57 Å². The van der Waals surface area contributed by atoms with E-state index in [1.165, 1.54) is 115 Å². The minimum atomic E-state index is -0.507. The van der Waals surface area contributed by atoms with Gasteiger partial charge >= 0.3 is 0 Å². The number of para-hydroxylation sites is 2. The summed E-state index contributed by atoms with van der Waals surface area (Å²) in [4.78, 5) is 2.57. The molecule has 12 aromatic rings. The number of anilines is 3. The minimum absolute atomic E-state index is 0.507. The van der Waals surface area contributed by atoms with E-state index in [4.69, 9.17) is 0 Å². The number of rotatable bonds is 5.